The number of nitrogens with one attached hydrogen (secondary N) is 1. The Balaban J connectivity index is 1.79. The van der Waals surface area contributed by atoms with Crippen molar-refractivity contribution in [3.05, 3.63) is 77.9 Å². The monoisotopic (exact) mass is 368 g/mol. The van der Waals surface area contributed by atoms with Crippen LogP contribution in [0.25, 0.3) is 10.2 Å². The molecule has 2 aromatic heterocycles. The minimum Gasteiger partial charge on any atom is -0.487 e. The molecule has 0 unspecified atom stereocenters. The van der Waals surface area contributed by atoms with Gasteiger partial charge in [-0.25, -0.2) is 4.79 Å². The van der Waals surface area contributed by atoms with E-state index in [2.05, 4.69) is 23.5 Å². The van der Waals surface area contributed by atoms with E-state index in [1.807, 2.05) is 0 Å². The summed E-state index contributed by atoms with van der Waals surface area (Å²) in [7, 11) is 1.54. The minimum atomic E-state index is -0.470. The van der Waals surface area contributed by atoms with Gasteiger partial charge in [-0.15, -0.1) is 0 Å². The van der Waals surface area contributed by atoms with Gasteiger partial charge in [-0.1, -0.05) is 30.6 Å². The fraction of sp³-hybridized carbons (Fsp3) is 0.0526. The van der Waals surface area contributed by atoms with E-state index in [0.717, 1.165) is 0 Å². The summed E-state index contributed by atoms with van der Waals surface area (Å²) in [5, 5.41) is 3.96. The highest BCUT2D eigenvalue weighted by Gasteiger charge is 2.11. The predicted octanol–water partition coefficient (Wildman–Crippen LogP) is 4.64. The van der Waals surface area contributed by atoms with E-state index in [1.54, 1.807) is 48.6 Å². The third kappa shape index (κ3) is 3.84. The van der Waals surface area contributed by atoms with Crippen molar-refractivity contribution in [3.63, 3.8) is 0 Å². The number of methoxy groups -OCH3 is 1. The Morgan fingerprint density at radius 2 is 2.08 bits per heavy atom. The molecule has 1 N–H and O–H groups in total. The lowest BCUT2D eigenvalue weighted by molar-refractivity contribution is 0.427. The molecule has 2 heterocycles. The fourth-order valence-electron chi connectivity index (χ4n) is 2.13. The Morgan fingerprint density at radius 3 is 2.73 bits per heavy atom. The first-order valence-corrected chi connectivity index (χ1v) is 8.43. The van der Waals surface area contributed by atoms with E-state index in [9.17, 15) is 4.79 Å². The lowest BCUT2D eigenvalue weighted by Gasteiger charge is -2.08. The summed E-state index contributed by atoms with van der Waals surface area (Å²) in [6.07, 6.45) is 4.93. The van der Waals surface area contributed by atoms with E-state index in [4.69, 9.17) is 13.9 Å². The van der Waals surface area contributed by atoms with Gasteiger partial charge in [0, 0.05) is 11.8 Å². The molecule has 0 radical (unpaired) electrons. The average molecular weight is 368 g/mol. The smallest absolute Gasteiger partial charge is 0.349 e. The predicted molar refractivity (Wildman–Crippen MR) is 104 cm³/mol. The number of anilines is 2. The van der Waals surface area contributed by atoms with Crippen LogP contribution in [0.4, 0.5) is 11.7 Å². The maximum atomic E-state index is 12.0. The van der Waals surface area contributed by atoms with Gasteiger partial charge in [0.2, 0.25) is 0 Å². The van der Waals surface area contributed by atoms with Crippen LogP contribution in [-0.2, 0) is 0 Å². The number of thiophene rings is 1. The zero-order chi connectivity index (χ0) is 18.5. The van der Waals surface area contributed by atoms with Gasteiger partial charge in [0.05, 0.1) is 7.11 Å². The highest BCUT2D eigenvalue weighted by atomic mass is 32.1. The van der Waals surface area contributed by atoms with E-state index in [1.165, 1.54) is 18.4 Å². The Bertz CT molecular complexity index is 1030. The lowest BCUT2D eigenvalue weighted by Crippen LogP contribution is -2.03. The second-order valence-electron chi connectivity index (χ2n) is 5.06. The number of aromatic nitrogens is 1. The van der Waals surface area contributed by atoms with E-state index >= 15 is 0 Å². The van der Waals surface area contributed by atoms with Gasteiger partial charge in [-0.3, -0.25) is 0 Å². The standard InChI is InChI=1S/C19H16N2O4S/c1-4-6-13(5-2)24-14-9-7-12(8-10-14)20-19-21-17-15(18(22)25-19)11-16(23-3)26-17/h4-11H,1-2H2,3H3,(H,20,21)/b13-6+. The molecule has 0 fully saturated rings. The number of benzene rings is 1. The zero-order valence-electron chi connectivity index (χ0n) is 14.0. The Hall–Kier alpha value is -3.32. The van der Waals surface area contributed by atoms with Gasteiger partial charge in [0.25, 0.3) is 0 Å². The van der Waals surface area contributed by atoms with Crippen molar-refractivity contribution in [1.29, 1.82) is 0 Å². The van der Waals surface area contributed by atoms with Crippen LogP contribution in [0, 0.1) is 0 Å². The molecule has 0 atom stereocenters. The molecule has 0 aliphatic rings. The van der Waals surface area contributed by atoms with E-state index in [-0.39, 0.29) is 6.01 Å². The summed E-state index contributed by atoms with van der Waals surface area (Å²) in [6.45, 7) is 7.30. The molecular weight excluding hydrogens is 352 g/mol. The zero-order valence-corrected chi connectivity index (χ0v) is 14.8. The molecule has 132 valence electrons. The fourth-order valence-corrected chi connectivity index (χ4v) is 2.96. The van der Waals surface area contributed by atoms with Crippen LogP contribution in [0.2, 0.25) is 0 Å². The average Bonchev–Trinajstić information content (AvgIpc) is 3.07. The minimum absolute atomic E-state index is 0.110. The normalized spacial score (nSPS) is 11.2. The molecule has 26 heavy (non-hydrogen) atoms. The van der Waals surface area contributed by atoms with Gasteiger partial charge in [0.15, 0.2) is 5.06 Å². The summed E-state index contributed by atoms with van der Waals surface area (Å²) in [5.41, 5.74) is 0.228. The highest BCUT2D eigenvalue weighted by Crippen LogP contribution is 2.29. The largest absolute Gasteiger partial charge is 0.487 e. The number of hydrogen-bond acceptors (Lipinski definition) is 7. The first kappa shape index (κ1) is 17.5. The number of ether oxygens (including phenoxy) is 2. The van der Waals surface area contributed by atoms with Crippen molar-refractivity contribution in [1.82, 2.24) is 4.98 Å². The Labute approximate surface area is 153 Å². The van der Waals surface area contributed by atoms with Crippen LogP contribution in [0.15, 0.2) is 76.7 Å². The lowest BCUT2D eigenvalue weighted by atomic mass is 10.3. The van der Waals surface area contributed by atoms with Gasteiger partial charge in [0.1, 0.15) is 21.7 Å². The van der Waals surface area contributed by atoms with Crippen LogP contribution in [0.5, 0.6) is 10.8 Å². The van der Waals surface area contributed by atoms with E-state index in [0.29, 0.717) is 32.5 Å². The van der Waals surface area contributed by atoms with Crippen LogP contribution >= 0.6 is 11.3 Å². The summed E-state index contributed by atoms with van der Waals surface area (Å²) in [4.78, 5) is 16.9. The van der Waals surface area contributed by atoms with Crippen LogP contribution in [0.1, 0.15) is 0 Å². The van der Waals surface area contributed by atoms with Crippen molar-refractivity contribution in [2.45, 2.75) is 0 Å². The maximum Gasteiger partial charge on any atom is 0.349 e. The molecule has 0 aliphatic carbocycles. The third-order valence-electron chi connectivity index (χ3n) is 3.33. The van der Waals surface area contributed by atoms with Crippen LogP contribution in [0.3, 0.4) is 0 Å². The molecular formula is C19H16N2O4S. The van der Waals surface area contributed by atoms with Crippen molar-refractivity contribution >= 4 is 33.3 Å². The van der Waals surface area contributed by atoms with Crippen molar-refractivity contribution in [2.75, 3.05) is 12.4 Å². The molecule has 3 aromatic rings. The second-order valence-corrected chi connectivity index (χ2v) is 6.05. The first-order valence-electron chi connectivity index (χ1n) is 7.61. The number of nitrogens with zero attached hydrogens (tertiary/aromatic N) is 1. The topological polar surface area (TPSA) is 73.6 Å². The molecule has 6 nitrogen and oxygen atoms in total. The van der Waals surface area contributed by atoms with Gasteiger partial charge in [-0.05, 0) is 36.4 Å². The summed E-state index contributed by atoms with van der Waals surface area (Å²) in [6, 6.07) is 8.83. The number of fused-ring (bicyclic) bond motifs is 1. The maximum absolute atomic E-state index is 12.0. The molecule has 3 rings (SSSR count). The summed E-state index contributed by atoms with van der Waals surface area (Å²) < 4.78 is 16.0. The molecule has 0 aliphatic heterocycles. The van der Waals surface area contributed by atoms with E-state index < -0.39 is 5.63 Å². The molecule has 0 saturated carbocycles. The highest BCUT2D eigenvalue weighted by molar-refractivity contribution is 7.20. The summed E-state index contributed by atoms with van der Waals surface area (Å²) in [5.74, 6) is 1.22. The van der Waals surface area contributed by atoms with Crippen LogP contribution in [-0.4, -0.2) is 12.1 Å². The van der Waals surface area contributed by atoms with Gasteiger partial charge < -0.3 is 19.2 Å². The SMILES string of the molecule is C=C/C=C(\C=C)Oc1ccc(Nc2nc3sc(OC)cc3c(=O)o2)cc1. The van der Waals surface area contributed by atoms with Gasteiger partial charge >= 0.3 is 11.6 Å². The second kappa shape index (κ2) is 7.71. The Morgan fingerprint density at radius 1 is 1.31 bits per heavy atom. The number of rotatable bonds is 7. The number of hydrogen-bond donors (Lipinski definition) is 1. The Kier molecular flexibility index (Phi) is 5.19. The van der Waals surface area contributed by atoms with Crippen molar-refractivity contribution in [2.24, 2.45) is 0 Å². The molecule has 0 spiro atoms. The molecule has 0 amide bonds. The first-order chi connectivity index (χ1) is 12.6. The van der Waals surface area contributed by atoms with Crippen molar-refractivity contribution < 1.29 is 13.9 Å². The summed E-state index contributed by atoms with van der Waals surface area (Å²) >= 11 is 1.28. The van der Waals surface area contributed by atoms with Gasteiger partial charge in [-0.2, -0.15) is 4.98 Å². The molecule has 7 heteroatoms. The number of allylic oxidation sites excluding steroid dienone is 3. The molecule has 0 saturated heterocycles. The molecule has 1 aromatic carbocycles. The van der Waals surface area contributed by atoms with Crippen LogP contribution < -0.4 is 20.4 Å². The molecule has 0 bridgehead atoms. The quantitative estimate of drug-likeness (QED) is 0.484. The third-order valence-corrected chi connectivity index (χ3v) is 4.32. The van der Waals surface area contributed by atoms with Crippen molar-refractivity contribution in [3.8, 4) is 10.8 Å².